The average molecular weight is 254 g/mol. The van der Waals surface area contributed by atoms with Crippen molar-refractivity contribution >= 4 is 23.6 Å². The van der Waals surface area contributed by atoms with Crippen LogP contribution in [0.2, 0.25) is 0 Å². The van der Waals surface area contributed by atoms with Crippen molar-refractivity contribution in [1.82, 2.24) is 4.98 Å². The number of aromatic amines is 1. The molecule has 4 nitrogen and oxygen atoms in total. The number of nitrogens with zero attached hydrogens (tertiary/aromatic N) is 1. The molecule has 1 aliphatic rings. The number of aliphatic imine (C=N–C) groups is 1. The van der Waals surface area contributed by atoms with Crippen LogP contribution in [0.25, 0.3) is 11.6 Å². The van der Waals surface area contributed by atoms with Gasteiger partial charge in [-0.3, -0.25) is 4.99 Å². The highest BCUT2D eigenvalue weighted by Gasteiger charge is 2.17. The highest BCUT2D eigenvalue weighted by Crippen LogP contribution is 2.40. The van der Waals surface area contributed by atoms with E-state index in [0.29, 0.717) is 11.5 Å². The molecule has 1 N–H and O–H groups in total. The van der Waals surface area contributed by atoms with E-state index in [4.69, 9.17) is 9.47 Å². The zero-order valence-corrected chi connectivity index (χ0v) is 10.8. The molecule has 1 aromatic heterocycles. The first-order valence-electron chi connectivity index (χ1n) is 5.97. The molecule has 0 fully saturated rings. The van der Waals surface area contributed by atoms with Gasteiger partial charge >= 0.3 is 0 Å². The molecule has 19 heavy (non-hydrogen) atoms. The number of hydrogen-bond donors (Lipinski definition) is 1. The van der Waals surface area contributed by atoms with E-state index >= 15 is 0 Å². The van der Waals surface area contributed by atoms with Gasteiger partial charge in [0.1, 0.15) is 0 Å². The van der Waals surface area contributed by atoms with Gasteiger partial charge in [0, 0.05) is 35.3 Å². The highest BCUT2D eigenvalue weighted by atomic mass is 16.5. The Morgan fingerprint density at radius 1 is 1.16 bits per heavy atom. The van der Waals surface area contributed by atoms with Crippen LogP contribution in [0.1, 0.15) is 11.3 Å². The number of rotatable bonds is 3. The van der Waals surface area contributed by atoms with Crippen LogP contribution in [0.15, 0.2) is 35.5 Å². The highest BCUT2D eigenvalue weighted by molar-refractivity contribution is 6.21. The molecule has 3 rings (SSSR count). The summed E-state index contributed by atoms with van der Waals surface area (Å²) < 4.78 is 10.6. The molecular weight excluding hydrogens is 240 g/mol. The topological polar surface area (TPSA) is 46.6 Å². The molecule has 0 aliphatic carbocycles. The molecule has 0 atom stereocenters. The lowest BCUT2D eigenvalue weighted by Crippen LogP contribution is -1.91. The fraction of sp³-hybridized carbons (Fsp3) is 0.133. The van der Waals surface area contributed by atoms with Crippen LogP contribution in [0.3, 0.4) is 0 Å². The van der Waals surface area contributed by atoms with Gasteiger partial charge < -0.3 is 14.5 Å². The molecule has 0 radical (unpaired) electrons. The number of benzene rings is 1. The van der Waals surface area contributed by atoms with Crippen LogP contribution < -0.4 is 9.47 Å². The fourth-order valence-electron chi connectivity index (χ4n) is 2.13. The Hall–Kier alpha value is -2.49. The van der Waals surface area contributed by atoms with E-state index in [2.05, 4.69) is 16.1 Å². The Bertz CT molecular complexity index is 655. The number of fused-ring (bicyclic) bond motifs is 1. The van der Waals surface area contributed by atoms with E-state index in [1.807, 2.05) is 36.7 Å². The minimum Gasteiger partial charge on any atom is -0.493 e. The summed E-state index contributed by atoms with van der Waals surface area (Å²) in [6, 6.07) is 7.82. The minimum atomic E-state index is 0.694. The molecule has 0 unspecified atom stereocenters. The van der Waals surface area contributed by atoms with E-state index < -0.39 is 0 Å². The summed E-state index contributed by atoms with van der Waals surface area (Å²) >= 11 is 0. The molecule has 96 valence electrons. The maximum atomic E-state index is 5.33. The van der Waals surface area contributed by atoms with Gasteiger partial charge in [0.05, 0.1) is 19.9 Å². The van der Waals surface area contributed by atoms with Crippen LogP contribution in [0.5, 0.6) is 11.5 Å². The first-order chi connectivity index (χ1) is 9.31. The average Bonchev–Trinajstić information content (AvgIpc) is 3.08. The van der Waals surface area contributed by atoms with Crippen LogP contribution in [0, 0.1) is 0 Å². The molecule has 4 heteroatoms. The third-order valence-electron chi connectivity index (χ3n) is 3.09. The minimum absolute atomic E-state index is 0.694. The second-order valence-electron chi connectivity index (χ2n) is 4.21. The number of ether oxygens (including phenoxy) is 2. The molecule has 2 aromatic rings. The van der Waals surface area contributed by atoms with E-state index in [-0.39, 0.29) is 0 Å². The molecule has 0 saturated carbocycles. The predicted octanol–water partition coefficient (Wildman–Crippen LogP) is 3.29. The number of H-pyrrole nitrogens is 1. The molecule has 1 aromatic carbocycles. The predicted molar refractivity (Wildman–Crippen MR) is 76.4 cm³/mol. The third kappa shape index (κ3) is 2.01. The lowest BCUT2D eigenvalue weighted by atomic mass is 10.1. The van der Waals surface area contributed by atoms with Crippen molar-refractivity contribution in [2.45, 2.75) is 0 Å². The lowest BCUT2D eigenvalue weighted by molar-refractivity contribution is 0.355. The fourth-order valence-corrected chi connectivity index (χ4v) is 2.13. The van der Waals surface area contributed by atoms with Gasteiger partial charge in [0.2, 0.25) is 0 Å². The van der Waals surface area contributed by atoms with Gasteiger partial charge in [-0.25, -0.2) is 0 Å². The normalized spacial score (nSPS) is 14.7. The molecule has 0 amide bonds. The van der Waals surface area contributed by atoms with Crippen molar-refractivity contribution < 1.29 is 9.47 Å². The van der Waals surface area contributed by atoms with Crippen molar-refractivity contribution in [3.63, 3.8) is 0 Å². The molecule has 0 saturated heterocycles. The summed E-state index contributed by atoms with van der Waals surface area (Å²) in [6.07, 6.45) is 5.81. The van der Waals surface area contributed by atoms with Crippen LogP contribution in [-0.4, -0.2) is 25.4 Å². The Balaban J connectivity index is 2.07. The maximum Gasteiger partial charge on any atom is 0.162 e. The largest absolute Gasteiger partial charge is 0.493 e. The summed E-state index contributed by atoms with van der Waals surface area (Å²) in [5.41, 5.74) is 4.05. The van der Waals surface area contributed by atoms with Crippen LogP contribution >= 0.6 is 0 Å². The molecule has 1 aliphatic heterocycles. The van der Waals surface area contributed by atoms with Crippen molar-refractivity contribution in [3.8, 4) is 11.5 Å². The molecule has 0 bridgehead atoms. The lowest BCUT2D eigenvalue weighted by Gasteiger charge is -2.09. The van der Waals surface area contributed by atoms with E-state index in [0.717, 1.165) is 22.5 Å². The van der Waals surface area contributed by atoms with Gasteiger partial charge in [-0.1, -0.05) is 0 Å². The number of allylic oxidation sites excluding steroid dienone is 1. The SMILES string of the molecule is COc1cc2c(cc1OC)C(=Cc1ccc[nH]1)C=N2. The Morgan fingerprint density at radius 3 is 2.63 bits per heavy atom. The molecule has 2 heterocycles. The number of aromatic nitrogens is 1. The van der Waals surface area contributed by atoms with Gasteiger partial charge in [-0.2, -0.15) is 0 Å². The monoisotopic (exact) mass is 254 g/mol. The van der Waals surface area contributed by atoms with Crippen LogP contribution in [0.4, 0.5) is 5.69 Å². The van der Waals surface area contributed by atoms with Gasteiger partial charge in [0.15, 0.2) is 11.5 Å². The standard InChI is InChI=1S/C15H14N2O2/c1-18-14-7-12-10(6-11-4-3-5-16-11)9-17-13(12)8-15(14)19-2/h3-9,16H,1-2H3. The first kappa shape index (κ1) is 11.6. The first-order valence-corrected chi connectivity index (χ1v) is 5.97. The Labute approximate surface area is 111 Å². The van der Waals surface area contributed by atoms with Crippen molar-refractivity contribution in [2.24, 2.45) is 4.99 Å². The Morgan fingerprint density at radius 2 is 1.95 bits per heavy atom. The summed E-state index contributed by atoms with van der Waals surface area (Å²) in [6.45, 7) is 0. The van der Waals surface area contributed by atoms with Gasteiger partial charge in [-0.05, 0) is 24.3 Å². The number of nitrogens with one attached hydrogen (secondary N) is 1. The zero-order valence-electron chi connectivity index (χ0n) is 10.8. The second kappa shape index (κ2) is 4.65. The summed E-state index contributed by atoms with van der Waals surface area (Å²) in [7, 11) is 3.26. The molecule has 0 spiro atoms. The van der Waals surface area contributed by atoms with Crippen molar-refractivity contribution in [3.05, 3.63) is 41.7 Å². The van der Waals surface area contributed by atoms with Gasteiger partial charge in [0.25, 0.3) is 0 Å². The summed E-state index contributed by atoms with van der Waals surface area (Å²) in [4.78, 5) is 7.55. The zero-order chi connectivity index (χ0) is 13.2. The summed E-state index contributed by atoms with van der Waals surface area (Å²) in [5, 5.41) is 0. The van der Waals surface area contributed by atoms with Crippen molar-refractivity contribution in [1.29, 1.82) is 0 Å². The molecular formula is C15H14N2O2. The third-order valence-corrected chi connectivity index (χ3v) is 3.09. The summed E-state index contributed by atoms with van der Waals surface area (Å²) in [5.74, 6) is 1.41. The van der Waals surface area contributed by atoms with Crippen LogP contribution in [-0.2, 0) is 0 Å². The smallest absolute Gasteiger partial charge is 0.162 e. The van der Waals surface area contributed by atoms with E-state index in [1.165, 1.54) is 0 Å². The van der Waals surface area contributed by atoms with Crippen molar-refractivity contribution in [2.75, 3.05) is 14.2 Å². The number of hydrogen-bond acceptors (Lipinski definition) is 3. The number of methoxy groups -OCH3 is 2. The maximum absolute atomic E-state index is 5.33. The second-order valence-corrected chi connectivity index (χ2v) is 4.21. The van der Waals surface area contributed by atoms with E-state index in [9.17, 15) is 0 Å². The quantitative estimate of drug-likeness (QED) is 0.913. The van der Waals surface area contributed by atoms with E-state index in [1.54, 1.807) is 14.2 Å². The van der Waals surface area contributed by atoms with Gasteiger partial charge in [-0.15, -0.1) is 0 Å². The Kier molecular flexibility index (Phi) is 2.83.